The summed E-state index contributed by atoms with van der Waals surface area (Å²) in [5, 5.41) is 11.5. The summed E-state index contributed by atoms with van der Waals surface area (Å²) >= 11 is 0. The van der Waals surface area contributed by atoms with Gasteiger partial charge in [0.1, 0.15) is 40.5 Å². The first kappa shape index (κ1) is 49.6. The highest BCUT2D eigenvalue weighted by atomic mass is 31.2. The lowest BCUT2D eigenvalue weighted by Gasteiger charge is -2.43. The zero-order valence-electron chi connectivity index (χ0n) is 38.6. The van der Waals surface area contributed by atoms with Crippen molar-refractivity contribution < 1.29 is 46.2 Å². The third kappa shape index (κ3) is 11.0. The maximum absolute atomic E-state index is 16.7. The second kappa shape index (κ2) is 22.7. The van der Waals surface area contributed by atoms with Crippen molar-refractivity contribution in [1.82, 2.24) is 24.5 Å². The van der Waals surface area contributed by atoms with Crippen molar-refractivity contribution in [2.24, 2.45) is 0 Å². The van der Waals surface area contributed by atoms with Gasteiger partial charge in [0.2, 0.25) is 0 Å². The van der Waals surface area contributed by atoms with Gasteiger partial charge >= 0.3 is 13.8 Å². The number of aldehydes is 1. The maximum atomic E-state index is 16.7. The molecule has 67 heavy (non-hydrogen) atoms. The van der Waals surface area contributed by atoms with Crippen LogP contribution in [-0.2, 0) is 13.8 Å². The van der Waals surface area contributed by atoms with Gasteiger partial charge in [0, 0.05) is 69.1 Å². The van der Waals surface area contributed by atoms with Gasteiger partial charge in [0.15, 0.2) is 12.1 Å². The minimum atomic E-state index is -3.98. The average Bonchev–Trinajstić information content (AvgIpc) is 4.00. The van der Waals surface area contributed by atoms with E-state index in [1.807, 2.05) is 9.57 Å². The number of halogens is 3. The standard InChI is InChI=1S/C41H42F2N5O6P.C7H12FN.C2H6O/c1-4-6-7-8-9-12-19-53-55(51,54-35-14-11-10-13-27(35)25-49)48-28-16-17-29(48)24-47(23-28)40-33-22-44-38(37(43)39(33)45-41(46-40)52-3)32-21-30(50)20-26-15-18-34(42)31(5-2)36(26)32;8-6-4-7-2-1-3-9(7)5-6;1-3-2/h2,10-11,13-15,18,20-22,25,28-29,50H,4,6-9,12,16-17,19,23-24H2,1,3H3;6-7H,1-5H2;1-2H3/t;6-,7?;/m.1./s1. The number of piperazine rings is 1. The minimum Gasteiger partial charge on any atom is -0.508 e. The fourth-order valence-electron chi connectivity index (χ4n) is 9.76. The number of hydrogen-bond donors (Lipinski definition) is 1. The predicted octanol–water partition coefficient (Wildman–Crippen LogP) is 10.3. The zero-order chi connectivity index (χ0) is 47.7. The summed E-state index contributed by atoms with van der Waals surface area (Å²) < 4.78 is 83.1. The number of hydrogen-bond acceptors (Lipinski definition) is 12. The fraction of sp³-hybridized carbons (Fsp3) is 0.480. The molecule has 0 saturated carbocycles. The summed E-state index contributed by atoms with van der Waals surface area (Å²) in [5.41, 5.74) is -0.0121. The maximum Gasteiger partial charge on any atom is 0.462 e. The van der Waals surface area contributed by atoms with E-state index in [1.54, 1.807) is 38.5 Å². The van der Waals surface area contributed by atoms with Crippen LogP contribution in [0.25, 0.3) is 32.9 Å². The molecule has 3 aromatic carbocycles. The molecule has 1 N–H and O–H groups in total. The number of unbranched alkanes of at least 4 members (excludes halogenated alkanes) is 5. The smallest absolute Gasteiger partial charge is 0.462 e. The van der Waals surface area contributed by atoms with Gasteiger partial charge in [-0.15, -0.1) is 6.42 Å². The normalized spacial score (nSPS) is 20.9. The number of aromatic nitrogens is 3. The summed E-state index contributed by atoms with van der Waals surface area (Å²) in [6, 6.07) is 11.9. The minimum absolute atomic E-state index is 0.0880. The molecule has 0 amide bonds. The van der Waals surface area contributed by atoms with Crippen LogP contribution in [0.15, 0.2) is 54.7 Å². The van der Waals surface area contributed by atoms with Gasteiger partial charge in [-0.2, -0.15) is 14.6 Å². The van der Waals surface area contributed by atoms with Crippen LogP contribution in [0.2, 0.25) is 0 Å². The number of aromatic hydroxyl groups is 1. The van der Waals surface area contributed by atoms with Gasteiger partial charge < -0.3 is 24.0 Å². The Balaban J connectivity index is 0.000000482. The van der Waals surface area contributed by atoms with Crippen molar-refractivity contribution in [3.8, 4) is 41.1 Å². The first-order chi connectivity index (χ1) is 32.5. The highest BCUT2D eigenvalue weighted by Crippen LogP contribution is 2.59. The predicted molar refractivity (Wildman–Crippen MR) is 254 cm³/mol. The second-order valence-corrected chi connectivity index (χ2v) is 19.2. The molecule has 0 spiro atoms. The Morgan fingerprint density at radius 2 is 1.69 bits per heavy atom. The number of fused-ring (bicyclic) bond motifs is 5. The molecule has 2 aromatic heterocycles. The molecule has 2 bridgehead atoms. The number of nitrogens with zero attached hydrogens (tertiary/aromatic N) is 6. The summed E-state index contributed by atoms with van der Waals surface area (Å²) in [4.78, 5) is 29.6. The van der Waals surface area contributed by atoms with Gasteiger partial charge in [0.25, 0.3) is 0 Å². The number of carbonyl (C=O) groups excluding carboxylic acids is 1. The largest absolute Gasteiger partial charge is 0.508 e. The van der Waals surface area contributed by atoms with Crippen LogP contribution in [0, 0.1) is 24.0 Å². The molecule has 0 aliphatic carbocycles. The molecular weight excluding hydrogens is 885 g/mol. The number of para-hydroxylation sites is 1. The first-order valence-electron chi connectivity index (χ1n) is 23.1. The molecule has 0 radical (unpaired) electrons. The van der Waals surface area contributed by atoms with Crippen LogP contribution in [0.1, 0.15) is 93.5 Å². The van der Waals surface area contributed by atoms with Crippen LogP contribution in [0.3, 0.4) is 0 Å². The molecule has 4 saturated heterocycles. The monoisotopic (exact) mass is 944 g/mol. The third-order valence-electron chi connectivity index (χ3n) is 12.8. The summed E-state index contributed by atoms with van der Waals surface area (Å²) in [7, 11) is 0.652. The van der Waals surface area contributed by atoms with E-state index in [2.05, 4.69) is 37.4 Å². The van der Waals surface area contributed by atoms with E-state index in [-0.39, 0.29) is 69.5 Å². The number of phenolic OH excluding ortho intramolecular Hbond substituents is 1. The number of alkyl halides is 1. The summed E-state index contributed by atoms with van der Waals surface area (Å²) in [6.07, 6.45) is 18.1. The Morgan fingerprint density at radius 1 is 0.955 bits per heavy atom. The Morgan fingerprint density at radius 3 is 2.39 bits per heavy atom. The Bertz CT molecular complexity index is 2590. The van der Waals surface area contributed by atoms with E-state index >= 15 is 4.39 Å². The van der Waals surface area contributed by atoms with Crippen LogP contribution in [-0.4, -0.2) is 114 Å². The second-order valence-electron chi connectivity index (χ2n) is 17.4. The van der Waals surface area contributed by atoms with Gasteiger partial charge in [-0.05, 0) is 80.8 Å². The number of methoxy groups -OCH3 is 2. The molecule has 4 aliphatic heterocycles. The number of carbonyl (C=O) groups is 1. The Kier molecular flexibility index (Phi) is 16.8. The quantitative estimate of drug-likeness (QED) is 0.0461. The zero-order valence-corrected chi connectivity index (χ0v) is 39.5. The molecule has 13 nitrogen and oxygen atoms in total. The van der Waals surface area contributed by atoms with Crippen molar-refractivity contribution in [1.29, 1.82) is 0 Å². The number of pyridine rings is 1. The van der Waals surface area contributed by atoms with E-state index in [1.165, 1.54) is 56.8 Å². The van der Waals surface area contributed by atoms with Crippen molar-refractivity contribution in [2.45, 2.75) is 102 Å². The van der Waals surface area contributed by atoms with E-state index in [4.69, 9.17) is 20.2 Å². The number of anilines is 1. The summed E-state index contributed by atoms with van der Waals surface area (Å²) in [6.45, 7) is 4.92. The van der Waals surface area contributed by atoms with Gasteiger partial charge in [-0.3, -0.25) is 19.2 Å². The van der Waals surface area contributed by atoms with E-state index in [0.29, 0.717) is 67.8 Å². The molecule has 9 rings (SSSR count). The Labute approximate surface area is 390 Å². The van der Waals surface area contributed by atoms with E-state index < -0.39 is 25.6 Å². The van der Waals surface area contributed by atoms with E-state index in [9.17, 15) is 23.2 Å². The van der Waals surface area contributed by atoms with Crippen molar-refractivity contribution in [2.75, 3.05) is 59.0 Å². The van der Waals surface area contributed by atoms with Gasteiger partial charge in [-0.1, -0.05) is 63.1 Å². The molecule has 5 aromatic rings. The Hall–Kier alpha value is -5.30. The molecule has 4 aliphatic rings. The number of phenols is 1. The number of benzene rings is 3. The average molecular weight is 945 g/mol. The lowest BCUT2D eigenvalue weighted by molar-refractivity contribution is 0.112. The number of terminal acetylenes is 1. The van der Waals surface area contributed by atoms with Crippen LogP contribution in [0.4, 0.5) is 19.0 Å². The third-order valence-corrected chi connectivity index (χ3v) is 14.9. The first-order valence-corrected chi connectivity index (χ1v) is 24.6. The molecule has 6 heterocycles. The van der Waals surface area contributed by atoms with Crippen LogP contribution in [0.5, 0.6) is 17.5 Å². The highest BCUT2D eigenvalue weighted by molar-refractivity contribution is 7.51. The summed E-state index contributed by atoms with van der Waals surface area (Å²) in [5.74, 6) is 1.21. The van der Waals surface area contributed by atoms with Crippen molar-refractivity contribution >= 4 is 41.5 Å². The molecule has 358 valence electrons. The topological polar surface area (TPSA) is 140 Å². The van der Waals surface area contributed by atoms with Crippen molar-refractivity contribution in [3.63, 3.8) is 0 Å². The molecular formula is C50H60F3N6O7P. The van der Waals surface area contributed by atoms with E-state index in [0.717, 1.165) is 38.6 Å². The fourth-order valence-corrected chi connectivity index (χ4v) is 12.0. The molecule has 5 atom stereocenters. The lowest BCUT2D eigenvalue weighted by atomic mass is 9.96. The number of rotatable bonds is 15. The highest BCUT2D eigenvalue weighted by Gasteiger charge is 2.52. The van der Waals surface area contributed by atoms with Crippen molar-refractivity contribution in [3.05, 3.63) is 77.5 Å². The van der Waals surface area contributed by atoms with Crippen LogP contribution < -0.4 is 14.2 Å². The van der Waals surface area contributed by atoms with Gasteiger partial charge in [-0.25, -0.2) is 17.7 Å². The SMILES string of the molecule is C#Cc1c(F)ccc2cc(O)cc(-c3ncc4c(N5CC6CCC(C5)N6P(=O)(OCCCCCCCC)Oc5ccccc5C=O)nc(OC)nc4c3F)c12.COC.F[C@@H]1CC2CCCN2C1. The number of ether oxygens (including phenoxy) is 2. The molecule has 17 heteroatoms. The molecule has 4 unspecified atom stereocenters. The van der Waals surface area contributed by atoms with Crippen LogP contribution >= 0.6 is 7.75 Å². The lowest BCUT2D eigenvalue weighted by Crippen LogP contribution is -2.53. The molecule has 4 fully saturated rings. The van der Waals surface area contributed by atoms with Gasteiger partial charge in [0.05, 0.1) is 30.2 Å².